The highest BCUT2D eigenvalue weighted by Gasteiger charge is 2.45. The van der Waals surface area contributed by atoms with Crippen LogP contribution in [-0.4, -0.2) is 49.8 Å². The minimum atomic E-state index is -0.369. The van der Waals surface area contributed by atoms with Crippen LogP contribution in [0.5, 0.6) is 0 Å². The van der Waals surface area contributed by atoms with E-state index in [-0.39, 0.29) is 23.4 Å². The molecule has 7 heteroatoms. The first-order valence-corrected chi connectivity index (χ1v) is 9.41. The molecule has 4 rings (SSSR count). The Morgan fingerprint density at radius 1 is 1.26 bits per heavy atom. The van der Waals surface area contributed by atoms with E-state index in [2.05, 4.69) is 27.2 Å². The maximum atomic E-state index is 13.3. The Labute approximate surface area is 158 Å². The van der Waals surface area contributed by atoms with Crippen molar-refractivity contribution in [2.75, 3.05) is 6.54 Å². The first-order chi connectivity index (χ1) is 13.1. The lowest BCUT2D eigenvalue weighted by Gasteiger charge is -2.47. The molecule has 0 aliphatic carbocycles. The number of hydrogen-bond acceptors (Lipinski definition) is 5. The van der Waals surface area contributed by atoms with Crippen LogP contribution in [0.3, 0.4) is 0 Å². The van der Waals surface area contributed by atoms with Gasteiger partial charge in [-0.3, -0.25) is 9.59 Å². The molecule has 7 nitrogen and oxygen atoms in total. The fraction of sp³-hybridized carbons (Fsp3) is 0.450. The third-order valence-corrected chi connectivity index (χ3v) is 5.60. The number of piperidine rings is 1. The second kappa shape index (κ2) is 7.06. The predicted molar refractivity (Wildman–Crippen MR) is 99.7 cm³/mol. The highest BCUT2D eigenvalue weighted by molar-refractivity contribution is 5.93. The highest BCUT2D eigenvalue weighted by atomic mass is 16.2. The van der Waals surface area contributed by atoms with Crippen molar-refractivity contribution in [2.45, 2.75) is 50.6 Å². The summed E-state index contributed by atoms with van der Waals surface area (Å²) in [5.41, 5.74) is 1.50. The van der Waals surface area contributed by atoms with Gasteiger partial charge >= 0.3 is 0 Å². The lowest BCUT2D eigenvalue weighted by atomic mass is 9.81. The van der Waals surface area contributed by atoms with Crippen LogP contribution >= 0.6 is 0 Å². The van der Waals surface area contributed by atoms with Crippen LogP contribution in [-0.2, 0) is 4.79 Å². The normalized spacial score (nSPS) is 25.3. The number of amides is 2. The molecular weight excluding hydrogens is 342 g/mol. The van der Waals surface area contributed by atoms with Gasteiger partial charge in [-0.05, 0) is 44.7 Å². The Kier molecular flexibility index (Phi) is 4.59. The summed E-state index contributed by atoms with van der Waals surface area (Å²) in [7, 11) is 0. The minimum absolute atomic E-state index is 0.00397. The smallest absolute Gasteiger partial charge is 0.272 e. The summed E-state index contributed by atoms with van der Waals surface area (Å²) >= 11 is 0. The number of rotatable bonds is 2. The van der Waals surface area contributed by atoms with Crippen molar-refractivity contribution >= 4 is 11.8 Å². The van der Waals surface area contributed by atoms with Crippen LogP contribution in [0.25, 0.3) is 11.3 Å². The maximum absolute atomic E-state index is 13.3. The molecule has 4 heterocycles. The van der Waals surface area contributed by atoms with E-state index in [9.17, 15) is 9.59 Å². The number of nitrogens with one attached hydrogen (secondary N) is 1. The quantitative estimate of drug-likeness (QED) is 0.881. The number of aromatic nitrogens is 3. The molecular formula is C20H23N5O2. The van der Waals surface area contributed by atoms with Gasteiger partial charge in [-0.2, -0.15) is 0 Å². The van der Waals surface area contributed by atoms with Crippen molar-refractivity contribution in [3.05, 3.63) is 42.6 Å². The molecule has 0 unspecified atom stereocenters. The first-order valence-electron chi connectivity index (χ1n) is 9.41. The second-order valence-corrected chi connectivity index (χ2v) is 7.51. The molecule has 2 fully saturated rings. The molecule has 2 saturated heterocycles. The minimum Gasteiger partial charge on any atom is -0.349 e. The molecule has 2 aromatic rings. The van der Waals surface area contributed by atoms with E-state index in [1.807, 2.05) is 17.0 Å². The average molecular weight is 365 g/mol. The van der Waals surface area contributed by atoms with Crippen molar-refractivity contribution in [1.29, 1.82) is 0 Å². The standard InChI is InChI=1S/C20H23N5O2/c1-20-9-4-10-25(17(20)7-3-8-18(26)24-20)19(27)16-6-2-5-15(23-16)14-11-21-13-22-12-14/h2,5-6,11-13,17H,3-4,7-10H2,1H3,(H,24,26)/t17-,20-/m0/s1. The molecule has 2 aliphatic heterocycles. The van der Waals surface area contributed by atoms with Gasteiger partial charge in [0.2, 0.25) is 5.91 Å². The summed E-state index contributed by atoms with van der Waals surface area (Å²) in [6.45, 7) is 2.75. The molecule has 2 atom stereocenters. The van der Waals surface area contributed by atoms with Gasteiger partial charge in [-0.1, -0.05) is 6.07 Å². The molecule has 2 aromatic heterocycles. The predicted octanol–water partition coefficient (Wildman–Crippen LogP) is 2.20. The van der Waals surface area contributed by atoms with E-state index < -0.39 is 0 Å². The van der Waals surface area contributed by atoms with E-state index in [0.29, 0.717) is 24.4 Å². The zero-order chi connectivity index (χ0) is 18.9. The van der Waals surface area contributed by atoms with E-state index >= 15 is 0 Å². The van der Waals surface area contributed by atoms with Crippen molar-refractivity contribution in [3.63, 3.8) is 0 Å². The molecule has 2 amide bonds. The lowest BCUT2D eigenvalue weighted by molar-refractivity contribution is -0.123. The number of nitrogens with zero attached hydrogens (tertiary/aromatic N) is 4. The van der Waals surface area contributed by atoms with Crippen molar-refractivity contribution in [3.8, 4) is 11.3 Å². The summed E-state index contributed by atoms with van der Waals surface area (Å²) in [4.78, 5) is 39.8. The number of likely N-dealkylation sites (tertiary alicyclic amines) is 1. The fourth-order valence-electron chi connectivity index (χ4n) is 4.28. The molecule has 0 saturated carbocycles. The van der Waals surface area contributed by atoms with Gasteiger partial charge in [0.05, 0.1) is 17.3 Å². The van der Waals surface area contributed by atoms with Crippen LogP contribution in [0.4, 0.5) is 0 Å². The monoisotopic (exact) mass is 365 g/mol. The SMILES string of the molecule is C[C@]12CCCN(C(=O)c3cccc(-c4cncnc4)n3)[C@H]1CCCC(=O)N2. The number of carbonyl (C=O) groups is 2. The zero-order valence-electron chi connectivity index (χ0n) is 15.4. The fourth-order valence-corrected chi connectivity index (χ4v) is 4.28. The lowest BCUT2D eigenvalue weighted by Crippen LogP contribution is -2.63. The van der Waals surface area contributed by atoms with Gasteiger partial charge in [0.15, 0.2) is 0 Å². The largest absolute Gasteiger partial charge is 0.349 e. The van der Waals surface area contributed by atoms with Gasteiger partial charge in [-0.15, -0.1) is 0 Å². The van der Waals surface area contributed by atoms with Crippen molar-refractivity contribution in [2.24, 2.45) is 0 Å². The van der Waals surface area contributed by atoms with E-state index in [0.717, 1.165) is 31.2 Å². The van der Waals surface area contributed by atoms with Crippen LogP contribution in [0, 0.1) is 0 Å². The Balaban J connectivity index is 1.63. The van der Waals surface area contributed by atoms with E-state index in [4.69, 9.17) is 0 Å². The summed E-state index contributed by atoms with van der Waals surface area (Å²) in [6, 6.07) is 5.43. The van der Waals surface area contributed by atoms with Gasteiger partial charge in [-0.25, -0.2) is 15.0 Å². The second-order valence-electron chi connectivity index (χ2n) is 7.51. The van der Waals surface area contributed by atoms with Gasteiger partial charge in [0, 0.05) is 30.9 Å². The Bertz CT molecular complexity index is 856. The first kappa shape index (κ1) is 17.6. The zero-order valence-corrected chi connectivity index (χ0v) is 15.4. The molecule has 0 radical (unpaired) electrons. The maximum Gasteiger partial charge on any atom is 0.272 e. The van der Waals surface area contributed by atoms with Crippen molar-refractivity contribution in [1.82, 2.24) is 25.2 Å². The van der Waals surface area contributed by atoms with Crippen LogP contribution < -0.4 is 5.32 Å². The van der Waals surface area contributed by atoms with Crippen molar-refractivity contribution < 1.29 is 9.59 Å². The summed E-state index contributed by atoms with van der Waals surface area (Å²) in [5.74, 6) is -0.000674. The third kappa shape index (κ3) is 3.41. The van der Waals surface area contributed by atoms with Crippen LogP contribution in [0.2, 0.25) is 0 Å². The summed E-state index contributed by atoms with van der Waals surface area (Å²) < 4.78 is 0. The Hall–Kier alpha value is -2.83. The van der Waals surface area contributed by atoms with Crippen LogP contribution in [0.1, 0.15) is 49.5 Å². The molecule has 1 N–H and O–H groups in total. The van der Waals surface area contributed by atoms with E-state index in [1.54, 1.807) is 18.5 Å². The number of pyridine rings is 1. The summed E-state index contributed by atoms with van der Waals surface area (Å²) in [5, 5.41) is 3.16. The van der Waals surface area contributed by atoms with Crippen LogP contribution in [0.15, 0.2) is 36.9 Å². The Morgan fingerprint density at radius 2 is 2.07 bits per heavy atom. The summed E-state index contributed by atoms with van der Waals surface area (Å²) in [6.07, 6.45) is 8.74. The van der Waals surface area contributed by atoms with Gasteiger partial charge in [0.1, 0.15) is 12.0 Å². The number of carbonyl (C=O) groups excluding carboxylic acids is 2. The third-order valence-electron chi connectivity index (χ3n) is 5.60. The molecule has 0 aromatic carbocycles. The van der Waals surface area contributed by atoms with Gasteiger partial charge < -0.3 is 10.2 Å². The topological polar surface area (TPSA) is 88.1 Å². The molecule has 0 bridgehead atoms. The molecule has 2 aliphatic rings. The molecule has 27 heavy (non-hydrogen) atoms. The molecule has 140 valence electrons. The number of hydrogen-bond donors (Lipinski definition) is 1. The highest BCUT2D eigenvalue weighted by Crippen LogP contribution is 2.34. The molecule has 0 spiro atoms. The number of fused-ring (bicyclic) bond motifs is 1. The Morgan fingerprint density at radius 3 is 2.89 bits per heavy atom. The average Bonchev–Trinajstić information content (AvgIpc) is 2.85. The van der Waals surface area contributed by atoms with E-state index in [1.165, 1.54) is 6.33 Å². The van der Waals surface area contributed by atoms with Gasteiger partial charge in [0.25, 0.3) is 5.91 Å².